The molecule has 0 aliphatic carbocycles. The second-order valence-corrected chi connectivity index (χ2v) is 9.83. The van der Waals surface area contributed by atoms with Crippen molar-refractivity contribution in [1.29, 1.82) is 0 Å². The Morgan fingerprint density at radius 3 is 0.638 bits per heavy atom. The van der Waals surface area contributed by atoms with E-state index in [1.165, 1.54) is 0 Å². The van der Waals surface area contributed by atoms with E-state index in [0.717, 1.165) is 43.6 Å². The Hall–Kier alpha value is -3.14. The Morgan fingerprint density at radius 2 is 0.489 bits per heavy atom. The van der Waals surface area contributed by atoms with Gasteiger partial charge >= 0.3 is 16.8 Å². The number of aromatic nitrogens is 4. The summed E-state index contributed by atoms with van der Waals surface area (Å²) in [4.78, 5) is 17.4. The Bertz CT molecular complexity index is 1500. The molecule has 0 aliphatic rings. The van der Waals surface area contributed by atoms with Crippen LogP contribution in [0.25, 0.3) is 43.6 Å². The van der Waals surface area contributed by atoms with Crippen molar-refractivity contribution in [3.05, 3.63) is 97.6 Å². The zero-order valence-electron chi connectivity index (χ0n) is 23.3. The van der Waals surface area contributed by atoms with Crippen LogP contribution in [0.2, 0.25) is 0 Å². The number of hydrogen-bond donors (Lipinski definition) is 2. The molecule has 0 bridgehead atoms. The minimum atomic E-state index is -4.94. The first-order valence-electron chi connectivity index (χ1n) is 10.9. The van der Waals surface area contributed by atoms with Crippen LogP contribution in [-0.4, -0.2) is 25.4 Å². The first-order valence-corrected chi connectivity index (χ1v) is 14.6. The van der Waals surface area contributed by atoms with E-state index in [0.29, 0.717) is 0 Å². The molecule has 23 heteroatoms. The van der Waals surface area contributed by atoms with Crippen LogP contribution in [0.5, 0.6) is 0 Å². The molecule has 0 saturated carbocycles. The third-order valence-electron chi connectivity index (χ3n) is 4.69. The van der Waals surface area contributed by atoms with E-state index in [1.807, 2.05) is 24.3 Å². The summed E-state index contributed by atoms with van der Waals surface area (Å²) in [5, 5.41) is 4.55. The first-order chi connectivity index (χ1) is 19.9. The number of nitrogens with zero attached hydrogens (tertiary/aromatic N) is 4. The van der Waals surface area contributed by atoms with Crippen LogP contribution >= 0.6 is 0 Å². The van der Waals surface area contributed by atoms with Crippen LogP contribution in [0.15, 0.2) is 97.6 Å². The van der Waals surface area contributed by atoms with E-state index in [2.05, 4.69) is 68.5 Å². The third-order valence-corrected chi connectivity index (χ3v) is 4.69. The fraction of sp³-hybridized carbons (Fsp3) is 0. The molecule has 0 aliphatic heterocycles. The van der Waals surface area contributed by atoms with Crippen molar-refractivity contribution in [1.82, 2.24) is 32.2 Å². The van der Waals surface area contributed by atoms with Crippen molar-refractivity contribution in [2.24, 2.45) is 0 Å². The minimum absolute atomic E-state index is 0. The van der Waals surface area contributed by atoms with E-state index in [-0.39, 0.29) is 34.6 Å². The van der Waals surface area contributed by atoms with Gasteiger partial charge in [0.2, 0.25) is 0 Å². The largest absolute Gasteiger partial charge is 3.00 e. The van der Waals surface area contributed by atoms with Crippen molar-refractivity contribution in [2.45, 2.75) is 0 Å². The fourth-order valence-electron chi connectivity index (χ4n) is 3.36. The Morgan fingerprint density at radius 1 is 0.340 bits per heavy atom. The summed E-state index contributed by atoms with van der Waals surface area (Å²) >= 11 is 0. The summed E-state index contributed by atoms with van der Waals surface area (Å²) in [6.45, 7) is 0. The molecule has 4 heterocycles. The number of hydrogen-bond acceptors (Lipinski definition) is 18. The van der Waals surface area contributed by atoms with Crippen molar-refractivity contribution >= 4 is 43.6 Å². The summed E-state index contributed by atoms with van der Waals surface area (Å²) in [6, 6.07) is 24.3. The summed E-state index contributed by atoms with van der Waals surface area (Å²) in [7, 11) is -14.8. The number of benzene rings is 2. The number of fused-ring (bicyclic) bond motifs is 6. The van der Waals surface area contributed by atoms with Gasteiger partial charge in [-0.1, -0.05) is 48.5 Å². The zero-order valence-corrected chi connectivity index (χ0v) is 26.6. The van der Waals surface area contributed by atoms with E-state index in [4.69, 9.17) is 55.9 Å². The number of rotatable bonds is 0. The van der Waals surface area contributed by atoms with Crippen LogP contribution in [0.1, 0.15) is 0 Å². The predicted molar refractivity (Wildman–Crippen MR) is 128 cm³/mol. The SMILES string of the molecule is N.N.O.[Co+3].[O-][Cl+3]([O-])([O-])[O-].[O-][Cl+3]([O-])([O-])[O-].[O-][Cl+3]([O-])([O-])[O-].c1cnc2c(c1)ccc1cccnc12.c1cnc2c(c1)ccc1cccnc12. The predicted octanol–water partition coefficient (Wildman–Crippen LogP) is -9.21. The molecule has 8 N–H and O–H groups in total. The van der Waals surface area contributed by atoms with Gasteiger partial charge < -0.3 is 17.8 Å². The topological polar surface area (TPSA) is 430 Å². The molecule has 0 fully saturated rings. The third kappa shape index (κ3) is 20.7. The maximum Gasteiger partial charge on any atom is 3.00 e. The van der Waals surface area contributed by atoms with Gasteiger partial charge in [-0.2, -0.15) is 0 Å². The van der Waals surface area contributed by atoms with Gasteiger partial charge in [0.15, 0.2) is 0 Å². The van der Waals surface area contributed by atoms with Crippen molar-refractivity contribution < 1.29 is 109 Å². The molecule has 6 aromatic rings. The zero-order chi connectivity index (χ0) is 32.3. The molecule has 0 radical (unpaired) electrons. The van der Waals surface area contributed by atoms with Crippen molar-refractivity contribution in [3.63, 3.8) is 0 Å². The van der Waals surface area contributed by atoms with Crippen LogP contribution in [0, 0.1) is 30.7 Å². The summed E-state index contributed by atoms with van der Waals surface area (Å²) < 4.78 is 102. The molecule has 0 atom stereocenters. The van der Waals surface area contributed by atoms with Crippen LogP contribution in [0.3, 0.4) is 0 Å². The van der Waals surface area contributed by atoms with Gasteiger partial charge in [0.05, 0.1) is 22.1 Å². The van der Waals surface area contributed by atoms with Gasteiger partial charge in [-0.3, -0.25) is 19.9 Å². The van der Waals surface area contributed by atoms with Gasteiger partial charge in [-0.05, 0) is 24.3 Å². The Balaban J connectivity index is -0.000000552. The quantitative estimate of drug-likeness (QED) is 0.135. The number of halogens is 3. The normalized spacial score (nSPS) is 10.3. The molecule has 0 unspecified atom stereocenters. The van der Waals surface area contributed by atoms with E-state index >= 15 is 0 Å². The Labute approximate surface area is 281 Å². The van der Waals surface area contributed by atoms with E-state index in [1.54, 1.807) is 24.8 Å². The van der Waals surface area contributed by atoms with Crippen molar-refractivity contribution in [2.75, 3.05) is 0 Å². The molecular weight excluding hydrogens is 746 g/mol. The fourth-order valence-corrected chi connectivity index (χ4v) is 3.36. The summed E-state index contributed by atoms with van der Waals surface area (Å²) in [6.07, 6.45) is 7.21. The van der Waals surface area contributed by atoms with Gasteiger partial charge in [0.1, 0.15) is 0 Å². The molecule has 2 aromatic carbocycles. The van der Waals surface area contributed by atoms with Crippen LogP contribution in [-0.2, 0) is 16.8 Å². The maximum absolute atomic E-state index is 8.49. The second-order valence-electron chi connectivity index (χ2n) is 7.57. The average molecular weight is 770 g/mol. The van der Waals surface area contributed by atoms with Crippen molar-refractivity contribution in [3.8, 4) is 0 Å². The van der Waals surface area contributed by atoms with Gasteiger partial charge in [0.25, 0.3) is 0 Å². The molecule has 0 spiro atoms. The molecule has 0 saturated heterocycles. The first kappa shape index (κ1) is 48.3. The molecule has 47 heavy (non-hydrogen) atoms. The average Bonchev–Trinajstić information content (AvgIpc) is 2.91. The minimum Gasteiger partial charge on any atom is -0.412 e. The van der Waals surface area contributed by atoms with Crippen LogP contribution < -0.4 is 68.2 Å². The van der Waals surface area contributed by atoms with Gasteiger partial charge in [-0.25, -0.2) is 55.9 Å². The molecule has 258 valence electrons. The summed E-state index contributed by atoms with van der Waals surface area (Å²) in [5.41, 5.74) is 3.91. The molecule has 4 aromatic heterocycles. The maximum atomic E-state index is 8.49. The number of pyridine rings is 4. The van der Waals surface area contributed by atoms with E-state index in [9.17, 15) is 0 Å². The Kier molecular flexibility index (Phi) is 22.3. The molecule has 0 amide bonds. The monoisotopic (exact) mass is 768 g/mol. The van der Waals surface area contributed by atoms with Crippen LogP contribution in [0.4, 0.5) is 0 Å². The molecular formula is C24H24Cl3CoN6O13. The van der Waals surface area contributed by atoms with Gasteiger partial charge in [0, 0.05) is 46.3 Å². The molecule has 6 rings (SSSR count). The second kappa shape index (κ2) is 21.7. The van der Waals surface area contributed by atoms with Gasteiger partial charge in [-0.15, -0.1) is 30.7 Å². The van der Waals surface area contributed by atoms with E-state index < -0.39 is 30.7 Å². The smallest absolute Gasteiger partial charge is 0.412 e. The standard InChI is InChI=1S/2C12H8N2.3ClHO4.Co.2H3N.H2O/c2*1-3-9-5-6-10-4-2-8-14-12(10)11(9)13-7-1;3*2-1(3,4)5;;;;/h2*1-8H;3*(H,2,3,4,5);;2*1H3;1H2/q;;;;;+3;;;/p-3. The molecule has 19 nitrogen and oxygen atoms in total. The summed E-state index contributed by atoms with van der Waals surface area (Å²) in [5.74, 6) is 0.